The highest BCUT2D eigenvalue weighted by atomic mass is 19.4. The molecule has 4 amide bonds. The minimum absolute atomic E-state index is 0.0110. The fourth-order valence-corrected chi connectivity index (χ4v) is 5.05. The maximum atomic E-state index is 13.8. The first-order valence-electron chi connectivity index (χ1n) is 13.3. The van der Waals surface area contributed by atoms with Crippen LogP contribution in [0.15, 0.2) is 24.3 Å². The largest absolute Gasteiger partial charge is 0.393 e. The standard InChI is InChI=1S/C28H36F3N5O4/c1-16-5-7-17(8-6-16)11-22(37)35-23(27(2,3)4)26(40)36-15-19(28(29,30)31)13-21(36)25(39)34-20(14-32)12-18-9-10-33-24(18)38/h5-8,18-21,23H,9-13,15H2,1-4H3,(H,33,38)(H,34,39)(H,35,37)/t18-,19+,20-,21-,23+/m0/s1. The number of carbonyl (C=O) groups excluding carboxylic acids is 4. The molecule has 1 aromatic carbocycles. The molecule has 2 heterocycles. The number of amides is 4. The van der Waals surface area contributed by atoms with Crippen molar-refractivity contribution in [1.82, 2.24) is 20.9 Å². The van der Waals surface area contributed by atoms with Crippen LogP contribution in [0.25, 0.3) is 0 Å². The Morgan fingerprint density at radius 3 is 2.33 bits per heavy atom. The number of rotatable bonds is 8. The number of nitriles is 1. The number of alkyl halides is 3. The maximum Gasteiger partial charge on any atom is 0.393 e. The van der Waals surface area contributed by atoms with Crippen LogP contribution in [0.4, 0.5) is 13.2 Å². The number of aryl methyl sites for hydroxylation is 1. The van der Waals surface area contributed by atoms with Crippen molar-refractivity contribution in [3.63, 3.8) is 0 Å². The first-order chi connectivity index (χ1) is 18.6. The Labute approximate surface area is 231 Å². The van der Waals surface area contributed by atoms with Crippen molar-refractivity contribution in [2.45, 2.75) is 77.7 Å². The van der Waals surface area contributed by atoms with E-state index in [0.29, 0.717) is 18.5 Å². The molecule has 5 atom stereocenters. The predicted molar refractivity (Wildman–Crippen MR) is 139 cm³/mol. The van der Waals surface area contributed by atoms with Gasteiger partial charge in [-0.05, 0) is 37.2 Å². The zero-order valence-corrected chi connectivity index (χ0v) is 23.1. The lowest BCUT2D eigenvalue weighted by Crippen LogP contribution is -2.58. The lowest BCUT2D eigenvalue weighted by Gasteiger charge is -2.35. The number of nitrogens with one attached hydrogen (secondary N) is 3. The van der Waals surface area contributed by atoms with Gasteiger partial charge in [0.05, 0.1) is 18.4 Å². The lowest BCUT2D eigenvalue weighted by atomic mass is 9.85. The van der Waals surface area contributed by atoms with Gasteiger partial charge in [0.1, 0.15) is 18.1 Å². The molecule has 2 aliphatic heterocycles. The van der Waals surface area contributed by atoms with E-state index in [1.807, 2.05) is 25.1 Å². The van der Waals surface area contributed by atoms with Crippen molar-refractivity contribution >= 4 is 23.6 Å². The smallest absolute Gasteiger partial charge is 0.356 e. The predicted octanol–water partition coefficient (Wildman–Crippen LogP) is 2.38. The van der Waals surface area contributed by atoms with Crippen molar-refractivity contribution in [3.05, 3.63) is 35.4 Å². The van der Waals surface area contributed by atoms with Crippen LogP contribution in [0.3, 0.4) is 0 Å². The van der Waals surface area contributed by atoms with Gasteiger partial charge in [-0.25, -0.2) is 0 Å². The third-order valence-electron chi connectivity index (χ3n) is 7.41. The van der Waals surface area contributed by atoms with Crippen LogP contribution in [0.5, 0.6) is 0 Å². The molecule has 0 aliphatic carbocycles. The summed E-state index contributed by atoms with van der Waals surface area (Å²) in [5, 5.41) is 17.3. The van der Waals surface area contributed by atoms with Gasteiger partial charge in [0.25, 0.3) is 0 Å². The molecule has 0 spiro atoms. The summed E-state index contributed by atoms with van der Waals surface area (Å²) < 4.78 is 41.3. The molecule has 2 saturated heterocycles. The Morgan fingerprint density at radius 2 is 1.80 bits per heavy atom. The van der Waals surface area contributed by atoms with E-state index in [9.17, 15) is 37.6 Å². The van der Waals surface area contributed by atoms with Gasteiger partial charge in [0.15, 0.2) is 0 Å². The Morgan fingerprint density at radius 1 is 1.15 bits per heavy atom. The van der Waals surface area contributed by atoms with Gasteiger partial charge in [-0.15, -0.1) is 0 Å². The summed E-state index contributed by atoms with van der Waals surface area (Å²) in [7, 11) is 0. The lowest BCUT2D eigenvalue weighted by molar-refractivity contribution is -0.171. The summed E-state index contributed by atoms with van der Waals surface area (Å²) in [5.41, 5.74) is 0.828. The number of benzene rings is 1. The Bertz CT molecular complexity index is 1160. The van der Waals surface area contributed by atoms with E-state index in [-0.39, 0.29) is 18.7 Å². The molecular weight excluding hydrogens is 527 g/mol. The average Bonchev–Trinajstić information content (AvgIpc) is 3.49. The van der Waals surface area contributed by atoms with Crippen LogP contribution in [0.2, 0.25) is 0 Å². The van der Waals surface area contributed by atoms with Crippen LogP contribution in [-0.4, -0.2) is 65.9 Å². The SMILES string of the molecule is Cc1ccc(CC(=O)N[C@H](C(=O)N2C[C@H](C(F)(F)F)C[C@H]2C(=O)N[C@H](C#N)C[C@@H]2CCNC2=O)C(C)(C)C)cc1. The van der Waals surface area contributed by atoms with Crippen molar-refractivity contribution < 1.29 is 32.3 Å². The van der Waals surface area contributed by atoms with Crippen LogP contribution in [-0.2, 0) is 25.6 Å². The zero-order chi connectivity index (χ0) is 29.8. The molecule has 3 rings (SSSR count). The number of nitrogens with zero attached hydrogens (tertiary/aromatic N) is 2. The number of hydrogen-bond donors (Lipinski definition) is 3. The van der Waals surface area contributed by atoms with Crippen molar-refractivity contribution in [1.29, 1.82) is 5.26 Å². The summed E-state index contributed by atoms with van der Waals surface area (Å²) >= 11 is 0. The van der Waals surface area contributed by atoms with Gasteiger partial charge < -0.3 is 20.9 Å². The van der Waals surface area contributed by atoms with Crippen LogP contribution in [0, 0.1) is 35.5 Å². The second-order valence-electron chi connectivity index (χ2n) is 11.7. The number of likely N-dealkylation sites (tertiary alicyclic amines) is 1. The number of carbonyl (C=O) groups is 4. The minimum Gasteiger partial charge on any atom is -0.356 e. The molecule has 218 valence electrons. The molecule has 2 aliphatic rings. The van der Waals surface area contributed by atoms with Gasteiger partial charge in [-0.1, -0.05) is 50.6 Å². The fourth-order valence-electron chi connectivity index (χ4n) is 5.05. The van der Waals surface area contributed by atoms with Gasteiger partial charge in [-0.2, -0.15) is 18.4 Å². The second-order valence-corrected chi connectivity index (χ2v) is 11.7. The molecular formula is C28H36F3N5O4. The first kappa shape index (κ1) is 30.9. The topological polar surface area (TPSA) is 131 Å². The molecule has 3 N–H and O–H groups in total. The van der Waals surface area contributed by atoms with E-state index in [1.54, 1.807) is 32.9 Å². The van der Waals surface area contributed by atoms with E-state index in [1.165, 1.54) is 0 Å². The van der Waals surface area contributed by atoms with Gasteiger partial charge in [0.2, 0.25) is 23.6 Å². The summed E-state index contributed by atoms with van der Waals surface area (Å²) in [6, 6.07) is 5.31. The van der Waals surface area contributed by atoms with Gasteiger partial charge in [-0.3, -0.25) is 19.2 Å². The summed E-state index contributed by atoms with van der Waals surface area (Å²) in [5.74, 6) is -4.88. The van der Waals surface area contributed by atoms with Crippen molar-refractivity contribution in [2.24, 2.45) is 17.3 Å². The van der Waals surface area contributed by atoms with E-state index >= 15 is 0 Å². The van der Waals surface area contributed by atoms with Crippen LogP contribution >= 0.6 is 0 Å². The highest BCUT2D eigenvalue weighted by molar-refractivity contribution is 5.93. The highest BCUT2D eigenvalue weighted by Crippen LogP contribution is 2.38. The highest BCUT2D eigenvalue weighted by Gasteiger charge is 2.53. The third-order valence-corrected chi connectivity index (χ3v) is 7.41. The molecule has 0 aromatic heterocycles. The molecule has 2 fully saturated rings. The van der Waals surface area contributed by atoms with E-state index < -0.39 is 72.2 Å². The Kier molecular flexibility index (Phi) is 9.48. The zero-order valence-electron chi connectivity index (χ0n) is 23.1. The number of halogens is 3. The maximum absolute atomic E-state index is 13.8. The van der Waals surface area contributed by atoms with Crippen molar-refractivity contribution in [2.75, 3.05) is 13.1 Å². The number of hydrogen-bond acceptors (Lipinski definition) is 5. The summed E-state index contributed by atoms with van der Waals surface area (Å²) in [6.45, 7) is 6.62. The fraction of sp³-hybridized carbons (Fsp3) is 0.607. The molecule has 12 heteroatoms. The second kappa shape index (κ2) is 12.3. The molecule has 0 unspecified atom stereocenters. The Balaban J connectivity index is 1.79. The molecule has 0 radical (unpaired) electrons. The van der Waals surface area contributed by atoms with Crippen LogP contribution < -0.4 is 16.0 Å². The van der Waals surface area contributed by atoms with Crippen LogP contribution in [0.1, 0.15) is 51.2 Å². The van der Waals surface area contributed by atoms with E-state index in [0.717, 1.165) is 10.5 Å². The Hall–Kier alpha value is -3.62. The van der Waals surface area contributed by atoms with Gasteiger partial charge in [0, 0.05) is 19.0 Å². The monoisotopic (exact) mass is 563 g/mol. The third kappa shape index (κ3) is 7.73. The quantitative estimate of drug-likeness (QED) is 0.447. The summed E-state index contributed by atoms with van der Waals surface area (Å²) in [6.07, 6.45) is -4.87. The van der Waals surface area contributed by atoms with Crippen molar-refractivity contribution in [3.8, 4) is 6.07 Å². The molecule has 0 bridgehead atoms. The molecule has 9 nitrogen and oxygen atoms in total. The first-order valence-corrected chi connectivity index (χ1v) is 13.3. The minimum atomic E-state index is -4.66. The summed E-state index contributed by atoms with van der Waals surface area (Å²) in [4.78, 5) is 52.6. The van der Waals surface area contributed by atoms with E-state index in [4.69, 9.17) is 0 Å². The van der Waals surface area contributed by atoms with E-state index in [2.05, 4.69) is 16.0 Å². The molecule has 1 aromatic rings. The normalized spacial score (nSPS) is 22.7. The average molecular weight is 564 g/mol. The molecule has 40 heavy (non-hydrogen) atoms. The van der Waals surface area contributed by atoms with Gasteiger partial charge >= 0.3 is 6.18 Å². The molecule has 0 saturated carbocycles.